The van der Waals surface area contributed by atoms with Gasteiger partial charge >= 0.3 is 6.03 Å². The molecule has 1 saturated carbocycles. The number of urea groups is 1. The van der Waals surface area contributed by atoms with Gasteiger partial charge in [-0.05, 0) is 42.5 Å². The molecular weight excluding hydrogens is 353 g/mol. The molecule has 1 aliphatic heterocycles. The summed E-state index contributed by atoms with van der Waals surface area (Å²) in [5.41, 5.74) is 0.357. The Morgan fingerprint density at radius 1 is 1.31 bits per heavy atom. The van der Waals surface area contributed by atoms with Crippen LogP contribution < -0.4 is 10.6 Å². The van der Waals surface area contributed by atoms with Gasteiger partial charge in [0.2, 0.25) is 5.91 Å². The van der Waals surface area contributed by atoms with E-state index in [0.717, 1.165) is 17.7 Å². The van der Waals surface area contributed by atoms with E-state index in [4.69, 9.17) is 0 Å². The first-order valence-electron chi connectivity index (χ1n) is 8.67. The Labute approximate surface area is 155 Å². The first-order chi connectivity index (χ1) is 12.6. The molecule has 0 bridgehead atoms. The number of benzene rings is 1. The third kappa shape index (κ3) is 3.44. The lowest BCUT2D eigenvalue weighted by Gasteiger charge is -2.17. The molecule has 1 aromatic heterocycles. The monoisotopic (exact) mass is 373 g/mol. The summed E-state index contributed by atoms with van der Waals surface area (Å²) in [4.78, 5) is 27.6. The number of nitrogens with one attached hydrogen (secondary N) is 2. The first kappa shape index (κ1) is 17.0. The molecule has 3 amide bonds. The zero-order valence-corrected chi connectivity index (χ0v) is 15.0. The molecule has 2 atom stereocenters. The highest BCUT2D eigenvalue weighted by atomic mass is 32.1. The van der Waals surface area contributed by atoms with Gasteiger partial charge in [0, 0.05) is 35.0 Å². The number of nitrogens with zero attached hydrogens (tertiary/aromatic N) is 1. The summed E-state index contributed by atoms with van der Waals surface area (Å²) in [6.07, 6.45) is 1.66. The molecule has 1 saturated heterocycles. The van der Waals surface area contributed by atoms with Crippen molar-refractivity contribution in [1.29, 1.82) is 0 Å². The third-order valence-electron chi connectivity index (χ3n) is 5.27. The average molecular weight is 373 g/mol. The minimum Gasteiger partial charge on any atom is -0.351 e. The second kappa shape index (κ2) is 6.72. The van der Waals surface area contributed by atoms with Gasteiger partial charge in [0.15, 0.2) is 0 Å². The molecule has 2 aromatic rings. The summed E-state index contributed by atoms with van der Waals surface area (Å²) >= 11 is 1.62. The zero-order valence-electron chi connectivity index (χ0n) is 14.2. The molecule has 2 fully saturated rings. The zero-order chi connectivity index (χ0) is 18.1. The molecule has 1 spiro atoms. The molecule has 2 heterocycles. The molecule has 7 heteroatoms. The van der Waals surface area contributed by atoms with Crippen LogP contribution >= 0.6 is 11.3 Å². The number of halogens is 1. The number of thiophene rings is 1. The van der Waals surface area contributed by atoms with Crippen molar-refractivity contribution in [2.24, 2.45) is 11.3 Å². The van der Waals surface area contributed by atoms with Crippen molar-refractivity contribution < 1.29 is 14.0 Å². The van der Waals surface area contributed by atoms with E-state index >= 15 is 0 Å². The largest absolute Gasteiger partial charge is 0.351 e. The summed E-state index contributed by atoms with van der Waals surface area (Å²) in [7, 11) is 0. The van der Waals surface area contributed by atoms with E-state index in [2.05, 4.69) is 10.6 Å². The fraction of sp³-hybridized carbons (Fsp3) is 0.368. The summed E-state index contributed by atoms with van der Waals surface area (Å²) in [6, 6.07) is 9.58. The van der Waals surface area contributed by atoms with Gasteiger partial charge in [-0.25, -0.2) is 9.18 Å². The van der Waals surface area contributed by atoms with E-state index in [-0.39, 0.29) is 29.1 Å². The summed E-state index contributed by atoms with van der Waals surface area (Å²) < 4.78 is 13.2. The first-order valence-corrected chi connectivity index (χ1v) is 9.55. The van der Waals surface area contributed by atoms with Crippen LogP contribution in [0.25, 0.3) is 0 Å². The van der Waals surface area contributed by atoms with Gasteiger partial charge in [-0.3, -0.25) is 4.79 Å². The summed E-state index contributed by atoms with van der Waals surface area (Å²) in [6.45, 7) is 1.76. The highest BCUT2D eigenvalue weighted by Gasteiger charge is 2.61. The van der Waals surface area contributed by atoms with Crippen molar-refractivity contribution in [1.82, 2.24) is 10.2 Å². The SMILES string of the molecule is O=C(NCc1cccs1)[C@@H]1C[C@]12CCN(C(=O)Nc1cccc(F)c1)C2. The van der Waals surface area contributed by atoms with E-state index in [0.29, 0.717) is 25.3 Å². The van der Waals surface area contributed by atoms with Gasteiger partial charge in [0.25, 0.3) is 0 Å². The molecule has 0 unspecified atom stereocenters. The molecule has 2 N–H and O–H groups in total. The Balaban J connectivity index is 1.29. The lowest BCUT2D eigenvalue weighted by atomic mass is 10.0. The minimum absolute atomic E-state index is 0.0190. The summed E-state index contributed by atoms with van der Waals surface area (Å²) in [5, 5.41) is 7.72. The Kier molecular flexibility index (Phi) is 4.40. The van der Waals surface area contributed by atoms with E-state index < -0.39 is 0 Å². The number of amides is 3. The minimum atomic E-state index is -0.384. The van der Waals surface area contributed by atoms with Gasteiger partial charge < -0.3 is 15.5 Å². The molecule has 0 radical (unpaired) electrons. The standard InChI is InChI=1S/C19H20FN3O2S/c20-13-3-1-4-14(9-13)22-18(25)23-7-6-19(12-23)10-16(19)17(24)21-11-15-5-2-8-26-15/h1-5,8-9,16H,6-7,10-12H2,(H,21,24)(H,22,25)/t16-,19-/m0/s1. The lowest BCUT2D eigenvalue weighted by molar-refractivity contribution is -0.123. The number of carbonyl (C=O) groups is 2. The number of likely N-dealkylation sites (tertiary alicyclic amines) is 1. The van der Waals surface area contributed by atoms with Gasteiger partial charge in [-0.15, -0.1) is 11.3 Å². The molecular formula is C19H20FN3O2S. The van der Waals surface area contributed by atoms with Crippen molar-refractivity contribution in [3.63, 3.8) is 0 Å². The van der Waals surface area contributed by atoms with Gasteiger partial charge in [-0.1, -0.05) is 12.1 Å². The maximum atomic E-state index is 13.2. The normalized spacial score (nSPS) is 23.9. The van der Waals surface area contributed by atoms with Crippen LogP contribution in [0.15, 0.2) is 41.8 Å². The predicted octanol–water partition coefficient (Wildman–Crippen LogP) is 3.45. The lowest BCUT2D eigenvalue weighted by Crippen LogP contribution is -2.34. The molecule has 136 valence electrons. The van der Waals surface area contributed by atoms with E-state index in [1.165, 1.54) is 12.1 Å². The van der Waals surface area contributed by atoms with Gasteiger partial charge in [0.1, 0.15) is 5.82 Å². The summed E-state index contributed by atoms with van der Waals surface area (Å²) in [5.74, 6) is -0.328. The predicted molar refractivity (Wildman–Crippen MR) is 98.3 cm³/mol. The van der Waals surface area contributed by atoms with Crippen LogP contribution in [0.4, 0.5) is 14.9 Å². The fourth-order valence-corrected chi connectivity index (χ4v) is 4.36. The number of anilines is 1. The molecule has 26 heavy (non-hydrogen) atoms. The van der Waals surface area contributed by atoms with Crippen molar-refractivity contribution in [3.05, 3.63) is 52.5 Å². The number of carbonyl (C=O) groups excluding carboxylic acids is 2. The van der Waals surface area contributed by atoms with Crippen molar-refractivity contribution in [2.45, 2.75) is 19.4 Å². The number of hydrogen-bond donors (Lipinski definition) is 2. The molecule has 4 rings (SSSR count). The van der Waals surface area contributed by atoms with Crippen LogP contribution in [0.3, 0.4) is 0 Å². The van der Waals surface area contributed by atoms with E-state index in [1.807, 2.05) is 17.5 Å². The number of rotatable bonds is 4. The fourth-order valence-electron chi connectivity index (χ4n) is 3.72. The van der Waals surface area contributed by atoms with Gasteiger partial charge in [-0.2, -0.15) is 0 Å². The van der Waals surface area contributed by atoms with Crippen molar-refractivity contribution in [3.8, 4) is 0 Å². The molecule has 2 aliphatic rings. The highest BCUT2D eigenvalue weighted by Crippen LogP contribution is 2.58. The second-order valence-corrected chi connectivity index (χ2v) is 8.06. The Bertz CT molecular complexity index is 826. The maximum absolute atomic E-state index is 13.2. The van der Waals surface area contributed by atoms with Crippen molar-refractivity contribution >= 4 is 29.0 Å². The van der Waals surface area contributed by atoms with E-state index in [9.17, 15) is 14.0 Å². The smallest absolute Gasteiger partial charge is 0.321 e. The Morgan fingerprint density at radius 3 is 2.96 bits per heavy atom. The van der Waals surface area contributed by atoms with Crippen LogP contribution in [0.5, 0.6) is 0 Å². The number of hydrogen-bond acceptors (Lipinski definition) is 3. The topological polar surface area (TPSA) is 61.4 Å². The van der Waals surface area contributed by atoms with Crippen LogP contribution in [-0.2, 0) is 11.3 Å². The molecule has 5 nitrogen and oxygen atoms in total. The highest BCUT2D eigenvalue weighted by molar-refractivity contribution is 7.09. The molecule has 1 aliphatic carbocycles. The maximum Gasteiger partial charge on any atom is 0.321 e. The van der Waals surface area contributed by atoms with Gasteiger partial charge in [0.05, 0.1) is 6.54 Å². The average Bonchev–Trinajstić information content (AvgIpc) is 2.97. The van der Waals surface area contributed by atoms with Crippen LogP contribution in [0.2, 0.25) is 0 Å². The van der Waals surface area contributed by atoms with Crippen LogP contribution in [-0.4, -0.2) is 29.9 Å². The quantitative estimate of drug-likeness (QED) is 0.862. The van der Waals surface area contributed by atoms with Crippen LogP contribution in [0.1, 0.15) is 17.7 Å². The van der Waals surface area contributed by atoms with E-state index in [1.54, 1.807) is 28.4 Å². The second-order valence-electron chi connectivity index (χ2n) is 7.03. The van der Waals surface area contributed by atoms with Crippen LogP contribution in [0, 0.1) is 17.2 Å². The molecule has 1 aromatic carbocycles. The van der Waals surface area contributed by atoms with Crippen molar-refractivity contribution in [2.75, 3.05) is 18.4 Å². The Morgan fingerprint density at radius 2 is 2.19 bits per heavy atom. The Hall–Kier alpha value is -2.41. The third-order valence-corrected chi connectivity index (χ3v) is 6.15.